The lowest BCUT2D eigenvalue weighted by Gasteiger charge is -2.11. The maximum Gasteiger partial charge on any atom is 0.251 e. The molecule has 0 aliphatic carbocycles. The van der Waals surface area contributed by atoms with E-state index in [1.54, 1.807) is 19.2 Å². The number of methoxy groups -OCH3 is 1. The van der Waals surface area contributed by atoms with Crippen LogP contribution in [0.3, 0.4) is 0 Å². The molecule has 0 amide bonds. The van der Waals surface area contributed by atoms with E-state index in [4.69, 9.17) is 15.2 Å². The molecule has 1 aromatic heterocycles. The molecule has 0 aliphatic heterocycles. The Bertz CT molecular complexity index is 667. The summed E-state index contributed by atoms with van der Waals surface area (Å²) >= 11 is 0. The van der Waals surface area contributed by atoms with Crippen LogP contribution in [-0.2, 0) is 6.42 Å². The van der Waals surface area contributed by atoms with Gasteiger partial charge >= 0.3 is 0 Å². The zero-order valence-electron chi connectivity index (χ0n) is 12.2. The molecule has 0 aliphatic rings. The number of nitrogens with zero attached hydrogens (tertiary/aromatic N) is 1. The molecule has 1 aromatic carbocycles. The van der Waals surface area contributed by atoms with Crippen LogP contribution in [0.5, 0.6) is 11.5 Å². The lowest BCUT2D eigenvalue weighted by molar-refractivity contribution is 0.311. The van der Waals surface area contributed by atoms with Gasteiger partial charge in [0.2, 0.25) is 0 Å². The molecule has 0 spiro atoms. The maximum absolute atomic E-state index is 11.7. The first-order valence-corrected chi connectivity index (χ1v) is 6.79. The average Bonchev–Trinajstić information content (AvgIpc) is 2.47. The van der Waals surface area contributed by atoms with E-state index >= 15 is 0 Å². The molecule has 0 unspecified atom stereocenters. The smallest absolute Gasteiger partial charge is 0.251 e. The summed E-state index contributed by atoms with van der Waals surface area (Å²) in [5, 5.41) is 0. The number of rotatable bonds is 6. The number of hydrogen-bond donors (Lipinski definition) is 2. The zero-order valence-corrected chi connectivity index (χ0v) is 12.2. The van der Waals surface area contributed by atoms with Gasteiger partial charge in [0.15, 0.2) is 11.5 Å². The number of hydrogen-bond acceptors (Lipinski definition) is 5. The fraction of sp³-hybridized carbons (Fsp3) is 0.333. The van der Waals surface area contributed by atoms with Gasteiger partial charge in [0.25, 0.3) is 5.56 Å². The highest BCUT2D eigenvalue weighted by Crippen LogP contribution is 2.31. The van der Waals surface area contributed by atoms with Crippen molar-refractivity contribution in [2.45, 2.75) is 13.3 Å². The van der Waals surface area contributed by atoms with Gasteiger partial charge in [0, 0.05) is 23.7 Å². The summed E-state index contributed by atoms with van der Waals surface area (Å²) in [6, 6.07) is 6.87. The highest BCUT2D eigenvalue weighted by Gasteiger charge is 2.09. The second-order valence-electron chi connectivity index (χ2n) is 4.42. The fourth-order valence-electron chi connectivity index (χ4n) is 2.01. The zero-order chi connectivity index (χ0) is 15.2. The Hall–Kier alpha value is -2.34. The summed E-state index contributed by atoms with van der Waals surface area (Å²) in [6.07, 6.45) is 0.561. The molecule has 0 bridgehead atoms. The minimum atomic E-state index is -0.197. The normalized spacial score (nSPS) is 10.4. The van der Waals surface area contributed by atoms with E-state index in [9.17, 15) is 4.79 Å². The summed E-state index contributed by atoms with van der Waals surface area (Å²) in [4.78, 5) is 18.8. The first-order chi connectivity index (χ1) is 10.2. The molecule has 3 N–H and O–H groups in total. The van der Waals surface area contributed by atoms with Crippen molar-refractivity contribution in [2.75, 3.05) is 20.3 Å². The Balaban J connectivity index is 2.46. The van der Waals surface area contributed by atoms with Gasteiger partial charge in [-0.05, 0) is 31.7 Å². The van der Waals surface area contributed by atoms with E-state index in [2.05, 4.69) is 9.97 Å². The number of ether oxygens (including phenoxy) is 2. The Morgan fingerprint density at radius 2 is 2.10 bits per heavy atom. The quantitative estimate of drug-likeness (QED) is 0.837. The Morgan fingerprint density at radius 1 is 1.29 bits per heavy atom. The Morgan fingerprint density at radius 3 is 2.76 bits per heavy atom. The van der Waals surface area contributed by atoms with E-state index < -0.39 is 0 Å². The predicted octanol–water partition coefficient (Wildman–Crippen LogP) is 1.35. The third-order valence-corrected chi connectivity index (χ3v) is 2.93. The lowest BCUT2D eigenvalue weighted by Crippen LogP contribution is -2.13. The van der Waals surface area contributed by atoms with Crippen molar-refractivity contribution in [1.29, 1.82) is 0 Å². The van der Waals surface area contributed by atoms with Crippen LogP contribution < -0.4 is 20.8 Å². The summed E-state index contributed by atoms with van der Waals surface area (Å²) < 4.78 is 10.8. The number of aromatic nitrogens is 2. The van der Waals surface area contributed by atoms with Crippen LogP contribution in [0.25, 0.3) is 11.4 Å². The molecule has 2 aromatic rings. The summed E-state index contributed by atoms with van der Waals surface area (Å²) in [5.41, 5.74) is 6.75. The maximum atomic E-state index is 11.7. The third-order valence-electron chi connectivity index (χ3n) is 2.93. The van der Waals surface area contributed by atoms with Crippen molar-refractivity contribution in [2.24, 2.45) is 5.73 Å². The number of benzene rings is 1. The van der Waals surface area contributed by atoms with Crippen molar-refractivity contribution >= 4 is 0 Å². The van der Waals surface area contributed by atoms with Gasteiger partial charge in [-0.1, -0.05) is 0 Å². The van der Waals surface area contributed by atoms with Crippen LogP contribution >= 0.6 is 0 Å². The predicted molar refractivity (Wildman–Crippen MR) is 80.8 cm³/mol. The minimum absolute atomic E-state index is 0.197. The third kappa shape index (κ3) is 3.61. The first-order valence-electron chi connectivity index (χ1n) is 6.79. The summed E-state index contributed by atoms with van der Waals surface area (Å²) in [5.74, 6) is 1.75. The van der Waals surface area contributed by atoms with Gasteiger partial charge in [-0.25, -0.2) is 4.98 Å². The second kappa shape index (κ2) is 6.90. The van der Waals surface area contributed by atoms with E-state index in [1.807, 2.05) is 13.0 Å². The molecule has 2 rings (SSSR count). The number of nitrogens with two attached hydrogens (primary N) is 1. The molecule has 0 fully saturated rings. The van der Waals surface area contributed by atoms with Gasteiger partial charge in [-0.2, -0.15) is 0 Å². The first kappa shape index (κ1) is 15.1. The largest absolute Gasteiger partial charge is 0.493 e. The van der Waals surface area contributed by atoms with Gasteiger partial charge in [0.05, 0.1) is 13.7 Å². The van der Waals surface area contributed by atoms with Crippen molar-refractivity contribution in [3.05, 3.63) is 40.3 Å². The summed E-state index contributed by atoms with van der Waals surface area (Å²) in [7, 11) is 1.58. The van der Waals surface area contributed by atoms with Gasteiger partial charge < -0.3 is 20.2 Å². The monoisotopic (exact) mass is 289 g/mol. The molecule has 21 heavy (non-hydrogen) atoms. The van der Waals surface area contributed by atoms with E-state index in [0.717, 1.165) is 5.56 Å². The number of nitrogens with one attached hydrogen (secondary N) is 1. The van der Waals surface area contributed by atoms with Gasteiger partial charge in [-0.3, -0.25) is 4.79 Å². The van der Waals surface area contributed by atoms with Gasteiger partial charge in [-0.15, -0.1) is 0 Å². The van der Waals surface area contributed by atoms with Gasteiger partial charge in [0.1, 0.15) is 5.82 Å². The second-order valence-corrected chi connectivity index (χ2v) is 4.42. The molecule has 0 saturated carbocycles. The standard InChI is InChI=1S/C15H19N3O3/c1-3-21-13-8-10(4-5-12(13)20-2)15-17-11(6-7-16)9-14(19)18-15/h4-5,8-9H,3,6-7,16H2,1-2H3,(H,17,18,19). The van der Waals surface area contributed by atoms with Crippen LogP contribution in [0.1, 0.15) is 12.6 Å². The molecule has 112 valence electrons. The topological polar surface area (TPSA) is 90.2 Å². The highest BCUT2D eigenvalue weighted by atomic mass is 16.5. The minimum Gasteiger partial charge on any atom is -0.493 e. The Labute approximate surface area is 122 Å². The molecule has 6 nitrogen and oxygen atoms in total. The fourth-order valence-corrected chi connectivity index (χ4v) is 2.01. The molecular weight excluding hydrogens is 270 g/mol. The van der Waals surface area contributed by atoms with E-state index in [-0.39, 0.29) is 5.56 Å². The van der Waals surface area contributed by atoms with Crippen molar-refractivity contribution in [3.63, 3.8) is 0 Å². The van der Waals surface area contributed by atoms with Crippen LogP contribution in [-0.4, -0.2) is 30.2 Å². The lowest BCUT2D eigenvalue weighted by atomic mass is 10.1. The number of H-pyrrole nitrogens is 1. The molecule has 6 heteroatoms. The number of aromatic amines is 1. The van der Waals surface area contributed by atoms with Crippen LogP contribution in [0.4, 0.5) is 0 Å². The van der Waals surface area contributed by atoms with Crippen LogP contribution in [0, 0.1) is 0 Å². The molecule has 1 heterocycles. The molecule has 0 radical (unpaired) electrons. The van der Waals surface area contributed by atoms with Crippen LogP contribution in [0.2, 0.25) is 0 Å². The van der Waals surface area contributed by atoms with Crippen molar-refractivity contribution in [1.82, 2.24) is 9.97 Å². The average molecular weight is 289 g/mol. The van der Waals surface area contributed by atoms with E-state index in [1.165, 1.54) is 6.07 Å². The van der Waals surface area contributed by atoms with Crippen molar-refractivity contribution in [3.8, 4) is 22.9 Å². The highest BCUT2D eigenvalue weighted by molar-refractivity contribution is 5.61. The summed E-state index contributed by atoms with van der Waals surface area (Å²) in [6.45, 7) is 2.87. The molecule has 0 atom stereocenters. The van der Waals surface area contributed by atoms with E-state index in [0.29, 0.717) is 42.6 Å². The SMILES string of the molecule is CCOc1cc(-c2nc(CCN)cc(=O)[nH]2)ccc1OC. The van der Waals surface area contributed by atoms with Crippen LogP contribution in [0.15, 0.2) is 29.1 Å². The molecule has 0 saturated heterocycles. The molecular formula is C15H19N3O3. The van der Waals surface area contributed by atoms with Crippen molar-refractivity contribution < 1.29 is 9.47 Å². The Kier molecular flexibility index (Phi) is 4.94.